The van der Waals surface area contributed by atoms with Crippen LogP contribution in [0.1, 0.15) is 113 Å². The van der Waals surface area contributed by atoms with Gasteiger partial charge in [0.15, 0.2) is 13.1 Å². The highest BCUT2D eigenvalue weighted by molar-refractivity contribution is 5.74. The molecule has 0 aromatic heterocycles. The molecule has 8 heteroatoms. The van der Waals surface area contributed by atoms with Crippen molar-refractivity contribution in [3.05, 3.63) is 58.7 Å². The number of hydrogen-bond acceptors (Lipinski definition) is 5. The first-order valence-corrected chi connectivity index (χ1v) is 18.6. The highest BCUT2D eigenvalue weighted by Gasteiger charge is 2.40. The summed E-state index contributed by atoms with van der Waals surface area (Å²) in [5.74, 6) is 1.66. The van der Waals surface area contributed by atoms with Crippen molar-refractivity contribution in [1.82, 2.24) is 0 Å². The van der Waals surface area contributed by atoms with Gasteiger partial charge in [-0.2, -0.15) is 0 Å². The van der Waals surface area contributed by atoms with Gasteiger partial charge in [-0.25, -0.2) is 15.3 Å². The Kier molecular flexibility index (Phi) is 16.4. The van der Waals surface area contributed by atoms with Gasteiger partial charge in [-0.15, -0.1) is 0 Å². The van der Waals surface area contributed by atoms with Crippen LogP contribution in [0.2, 0.25) is 0 Å². The van der Waals surface area contributed by atoms with E-state index in [1.807, 2.05) is 52.2 Å². The van der Waals surface area contributed by atoms with E-state index in [9.17, 15) is 9.59 Å². The molecule has 0 fully saturated rings. The molecule has 2 aromatic rings. The third kappa shape index (κ3) is 14.5. The van der Waals surface area contributed by atoms with Gasteiger partial charge in [0.2, 0.25) is 0 Å². The summed E-state index contributed by atoms with van der Waals surface area (Å²) in [6, 6.07) is 12.2. The maximum absolute atomic E-state index is 13.0. The second kappa shape index (κ2) is 19.0. The number of nitrogens with zero attached hydrogens (tertiary/aromatic N) is 3. The van der Waals surface area contributed by atoms with Crippen LogP contribution in [0.5, 0.6) is 11.5 Å². The molecule has 0 saturated heterocycles. The lowest BCUT2D eigenvalue weighted by atomic mass is 10.0. The van der Waals surface area contributed by atoms with E-state index in [1.165, 1.54) is 44.1 Å². The van der Waals surface area contributed by atoms with E-state index in [1.54, 1.807) is 0 Å². The summed E-state index contributed by atoms with van der Waals surface area (Å²) in [4.78, 5) is 25.7. The fourth-order valence-electron chi connectivity index (χ4n) is 6.43. The smallest absolute Gasteiger partial charge is 0.367 e. The van der Waals surface area contributed by atoms with Gasteiger partial charge in [-0.1, -0.05) is 77.6 Å². The van der Waals surface area contributed by atoms with Gasteiger partial charge in [0.25, 0.3) is 6.29 Å². The molecule has 1 unspecified atom stereocenters. The molecule has 2 aromatic carbocycles. The van der Waals surface area contributed by atoms with Gasteiger partial charge in [0, 0.05) is 0 Å². The summed E-state index contributed by atoms with van der Waals surface area (Å²) in [6.07, 6.45) is 9.26. The Morgan fingerprint density at radius 3 is 1.41 bits per heavy atom. The fraction of sp³-hybridized carbons (Fsp3) is 0.659. The Balaban J connectivity index is 1.64. The lowest BCUT2D eigenvalue weighted by molar-refractivity contribution is -1.10. The third-order valence-corrected chi connectivity index (χ3v) is 9.98. The summed E-state index contributed by atoms with van der Waals surface area (Å²) in [5.41, 5.74) is 11.1. The maximum Gasteiger partial charge on any atom is 0.367 e. The van der Waals surface area contributed by atoms with E-state index in [2.05, 4.69) is 68.0 Å². The SMILES string of the molecule is Cc1ccc(C(C)C)cc1OC(=O)C[N+](C)(C)CCCCCCCCCC[N+](C)(C)C(N)[N+](C)(C)CC(=O)Oc1cc(C(C)C)ccc1C. The molecule has 0 saturated carbocycles. The molecule has 1 atom stereocenters. The number of carbonyl (C=O) groups is 2. The van der Waals surface area contributed by atoms with Crippen molar-refractivity contribution in [1.29, 1.82) is 0 Å². The zero-order valence-corrected chi connectivity index (χ0v) is 33.2. The molecular formula is C41H71N4O4+3. The van der Waals surface area contributed by atoms with Gasteiger partial charge in [-0.05, 0) is 85.8 Å². The van der Waals surface area contributed by atoms with E-state index < -0.39 is 0 Å². The molecule has 49 heavy (non-hydrogen) atoms. The van der Waals surface area contributed by atoms with Crippen LogP contribution in [-0.4, -0.2) is 100 Å². The molecule has 2 N–H and O–H groups in total. The molecule has 0 amide bonds. The van der Waals surface area contributed by atoms with Crippen molar-refractivity contribution in [2.24, 2.45) is 5.73 Å². The minimum Gasteiger partial charge on any atom is -0.422 e. The van der Waals surface area contributed by atoms with Crippen LogP contribution >= 0.6 is 0 Å². The van der Waals surface area contributed by atoms with Crippen molar-refractivity contribution >= 4 is 11.9 Å². The summed E-state index contributed by atoms with van der Waals surface area (Å²) in [5, 5.41) is 0. The van der Waals surface area contributed by atoms with Crippen LogP contribution in [-0.2, 0) is 9.59 Å². The summed E-state index contributed by atoms with van der Waals surface area (Å²) in [6.45, 7) is 15.0. The molecular weight excluding hydrogens is 612 g/mol. The zero-order chi connectivity index (χ0) is 37.0. The van der Waals surface area contributed by atoms with Crippen LogP contribution in [0, 0.1) is 13.8 Å². The standard InChI is InChI=1S/C41H71N4O4/c1-31(2)35-23-21-33(5)37(27-35)48-39(46)29-43(7,8)25-19-17-15-13-14-16-18-20-26-44(9,10)41(42)45(11,12)30-40(47)49-38-28-36(32(3)4)24-22-34(38)6/h21-24,27-28,31-32,41H,13-20,25-26,29-30,42H2,1-12H3/q+3. The molecule has 0 bridgehead atoms. The molecule has 0 aliphatic carbocycles. The number of aryl methyl sites for hydroxylation is 2. The number of ether oxygens (including phenoxy) is 2. The summed E-state index contributed by atoms with van der Waals surface area (Å²) in [7, 11) is 12.6. The van der Waals surface area contributed by atoms with E-state index in [0.717, 1.165) is 42.6 Å². The van der Waals surface area contributed by atoms with Gasteiger partial charge in [-0.3, -0.25) is 8.97 Å². The first-order chi connectivity index (χ1) is 22.7. The maximum atomic E-state index is 13.0. The number of hydrogen-bond donors (Lipinski definition) is 1. The average molecular weight is 684 g/mol. The van der Waals surface area contributed by atoms with Crippen LogP contribution < -0.4 is 15.2 Å². The molecule has 0 spiro atoms. The number of nitrogens with two attached hydrogens (primary N) is 1. The van der Waals surface area contributed by atoms with E-state index in [0.29, 0.717) is 43.3 Å². The van der Waals surface area contributed by atoms with E-state index in [4.69, 9.17) is 15.2 Å². The molecule has 2 rings (SSSR count). The Morgan fingerprint density at radius 2 is 0.980 bits per heavy atom. The molecule has 276 valence electrons. The summed E-state index contributed by atoms with van der Waals surface area (Å²) < 4.78 is 13.2. The van der Waals surface area contributed by atoms with Crippen LogP contribution in [0.25, 0.3) is 0 Å². The summed E-state index contributed by atoms with van der Waals surface area (Å²) >= 11 is 0. The van der Waals surface area contributed by atoms with E-state index >= 15 is 0 Å². The number of unbranched alkanes of at least 4 members (excludes halogenated alkanes) is 7. The molecule has 0 aliphatic heterocycles. The van der Waals surface area contributed by atoms with Crippen molar-refractivity contribution in [2.75, 3.05) is 68.5 Å². The number of esters is 2. The predicted molar refractivity (Wildman–Crippen MR) is 203 cm³/mol. The lowest BCUT2D eigenvalue weighted by Crippen LogP contribution is -2.70. The normalized spacial score (nSPS) is 13.2. The van der Waals surface area contributed by atoms with Gasteiger partial charge < -0.3 is 14.0 Å². The molecule has 0 radical (unpaired) electrons. The van der Waals surface area contributed by atoms with Crippen LogP contribution in [0.15, 0.2) is 36.4 Å². The first-order valence-electron chi connectivity index (χ1n) is 18.6. The second-order valence-electron chi connectivity index (χ2n) is 16.8. The third-order valence-electron chi connectivity index (χ3n) is 9.98. The number of quaternary nitrogens is 3. The van der Waals surface area contributed by atoms with Gasteiger partial charge in [0.1, 0.15) is 11.5 Å². The van der Waals surface area contributed by atoms with Crippen molar-refractivity contribution < 1.29 is 32.5 Å². The second-order valence-corrected chi connectivity index (χ2v) is 16.8. The minimum absolute atomic E-state index is 0.167. The topological polar surface area (TPSA) is 78.6 Å². The quantitative estimate of drug-likeness (QED) is 0.0481. The Morgan fingerprint density at radius 1 is 0.592 bits per heavy atom. The average Bonchev–Trinajstić information content (AvgIpc) is 2.99. The highest BCUT2D eigenvalue weighted by atomic mass is 16.5. The van der Waals surface area contributed by atoms with Crippen molar-refractivity contribution in [3.63, 3.8) is 0 Å². The first kappa shape index (κ1) is 42.4. The zero-order valence-electron chi connectivity index (χ0n) is 33.2. The molecule has 8 nitrogen and oxygen atoms in total. The van der Waals surface area contributed by atoms with Crippen molar-refractivity contribution in [3.8, 4) is 11.5 Å². The van der Waals surface area contributed by atoms with Gasteiger partial charge in [0.05, 0.1) is 55.4 Å². The highest BCUT2D eigenvalue weighted by Crippen LogP contribution is 2.26. The monoisotopic (exact) mass is 684 g/mol. The predicted octanol–water partition coefficient (Wildman–Crippen LogP) is 7.65. The van der Waals surface area contributed by atoms with Crippen LogP contribution in [0.3, 0.4) is 0 Å². The largest absolute Gasteiger partial charge is 0.422 e. The Labute approximate surface area is 299 Å². The van der Waals surface area contributed by atoms with Gasteiger partial charge >= 0.3 is 11.9 Å². The Bertz CT molecular complexity index is 1350. The fourth-order valence-corrected chi connectivity index (χ4v) is 6.43. The van der Waals surface area contributed by atoms with Crippen LogP contribution in [0.4, 0.5) is 0 Å². The Hall–Kier alpha value is -2.78. The minimum atomic E-state index is -0.257. The number of carbonyl (C=O) groups excluding carboxylic acids is 2. The number of rotatable bonds is 21. The van der Waals surface area contributed by atoms with Crippen molar-refractivity contribution in [2.45, 2.75) is 111 Å². The number of likely N-dealkylation sites (N-methyl/N-ethyl adjacent to an activating group) is 2. The van der Waals surface area contributed by atoms with E-state index in [-0.39, 0.29) is 24.8 Å². The molecule has 0 heterocycles. The lowest BCUT2D eigenvalue weighted by Gasteiger charge is -2.43. The molecule has 0 aliphatic rings. The number of benzene rings is 2.